The second-order valence-electron chi connectivity index (χ2n) is 3.00. The highest BCUT2D eigenvalue weighted by Gasteiger charge is 2.12. The number of hydrogen-bond donors (Lipinski definition) is 2. The van der Waals surface area contributed by atoms with Gasteiger partial charge < -0.3 is 14.8 Å². The SMILES string of the molecule is CCCC(OC)c1nc(O)cc(=O)[nH]1. The Labute approximate surface area is 81.8 Å². The third kappa shape index (κ3) is 2.56. The molecule has 0 aliphatic carbocycles. The fourth-order valence-electron chi connectivity index (χ4n) is 1.24. The molecule has 78 valence electrons. The molecule has 1 heterocycles. The zero-order valence-electron chi connectivity index (χ0n) is 8.28. The molecule has 1 atom stereocenters. The summed E-state index contributed by atoms with van der Waals surface area (Å²) in [5, 5.41) is 9.12. The summed E-state index contributed by atoms with van der Waals surface area (Å²) in [5.74, 6) is 0.0984. The lowest BCUT2D eigenvalue weighted by molar-refractivity contribution is 0.0868. The Morgan fingerprint density at radius 2 is 2.43 bits per heavy atom. The molecule has 0 saturated heterocycles. The van der Waals surface area contributed by atoms with Crippen LogP contribution >= 0.6 is 0 Å². The molecule has 0 saturated carbocycles. The summed E-state index contributed by atoms with van der Waals surface area (Å²) in [5.41, 5.74) is -0.370. The van der Waals surface area contributed by atoms with Crippen LogP contribution in [0.5, 0.6) is 5.88 Å². The van der Waals surface area contributed by atoms with E-state index in [1.54, 1.807) is 7.11 Å². The largest absolute Gasteiger partial charge is 0.493 e. The van der Waals surface area contributed by atoms with E-state index >= 15 is 0 Å². The third-order valence-corrected chi connectivity index (χ3v) is 1.89. The van der Waals surface area contributed by atoms with Gasteiger partial charge in [-0.3, -0.25) is 4.79 Å². The van der Waals surface area contributed by atoms with Gasteiger partial charge in [0.15, 0.2) is 0 Å². The van der Waals surface area contributed by atoms with Crippen LogP contribution in [0.4, 0.5) is 0 Å². The third-order valence-electron chi connectivity index (χ3n) is 1.89. The molecule has 14 heavy (non-hydrogen) atoms. The Bertz CT molecular complexity index is 348. The maximum absolute atomic E-state index is 11.0. The normalized spacial score (nSPS) is 12.7. The van der Waals surface area contributed by atoms with Crippen molar-refractivity contribution < 1.29 is 9.84 Å². The lowest BCUT2D eigenvalue weighted by Crippen LogP contribution is -2.14. The average Bonchev–Trinajstić information content (AvgIpc) is 2.12. The zero-order chi connectivity index (χ0) is 10.6. The maximum Gasteiger partial charge on any atom is 0.254 e. The first kappa shape index (κ1) is 10.7. The molecule has 0 spiro atoms. The zero-order valence-corrected chi connectivity index (χ0v) is 8.28. The second-order valence-corrected chi connectivity index (χ2v) is 3.00. The number of aromatic hydroxyl groups is 1. The average molecular weight is 198 g/mol. The predicted molar refractivity (Wildman–Crippen MR) is 51.2 cm³/mol. The summed E-state index contributed by atoms with van der Waals surface area (Å²) < 4.78 is 5.14. The minimum Gasteiger partial charge on any atom is -0.493 e. The first-order valence-electron chi connectivity index (χ1n) is 4.50. The second kappa shape index (κ2) is 4.76. The number of hydrogen-bond acceptors (Lipinski definition) is 4. The molecule has 0 aliphatic rings. The number of aromatic nitrogens is 2. The van der Waals surface area contributed by atoms with Gasteiger partial charge in [-0.05, 0) is 6.42 Å². The van der Waals surface area contributed by atoms with Gasteiger partial charge in [-0.25, -0.2) is 0 Å². The quantitative estimate of drug-likeness (QED) is 0.755. The van der Waals surface area contributed by atoms with Gasteiger partial charge in [-0.15, -0.1) is 0 Å². The molecular weight excluding hydrogens is 184 g/mol. The molecule has 0 fully saturated rings. The fourth-order valence-corrected chi connectivity index (χ4v) is 1.24. The number of aromatic amines is 1. The highest BCUT2D eigenvalue weighted by Crippen LogP contribution is 2.18. The van der Waals surface area contributed by atoms with Crippen LogP contribution in [0.2, 0.25) is 0 Å². The minimum absolute atomic E-state index is 0.264. The van der Waals surface area contributed by atoms with Crippen LogP contribution in [0.25, 0.3) is 0 Å². The van der Waals surface area contributed by atoms with Crippen LogP contribution in [-0.4, -0.2) is 22.2 Å². The molecule has 1 rings (SSSR count). The van der Waals surface area contributed by atoms with Gasteiger partial charge in [-0.1, -0.05) is 13.3 Å². The Kier molecular flexibility index (Phi) is 3.64. The molecule has 0 aliphatic heterocycles. The number of H-pyrrole nitrogens is 1. The molecule has 2 N–H and O–H groups in total. The number of methoxy groups -OCH3 is 1. The molecule has 5 heteroatoms. The van der Waals surface area contributed by atoms with Gasteiger partial charge in [0.2, 0.25) is 5.88 Å². The van der Waals surface area contributed by atoms with Crippen LogP contribution in [0, 0.1) is 0 Å². The first-order valence-corrected chi connectivity index (χ1v) is 4.50. The molecule has 5 nitrogen and oxygen atoms in total. The van der Waals surface area contributed by atoms with Crippen LogP contribution < -0.4 is 5.56 Å². The van der Waals surface area contributed by atoms with E-state index in [-0.39, 0.29) is 17.5 Å². The van der Waals surface area contributed by atoms with Gasteiger partial charge >= 0.3 is 0 Å². The van der Waals surface area contributed by atoms with E-state index in [1.807, 2.05) is 6.92 Å². The summed E-state index contributed by atoms with van der Waals surface area (Å²) in [6.45, 7) is 2.01. The number of rotatable bonds is 4. The van der Waals surface area contributed by atoms with E-state index < -0.39 is 0 Å². The molecule has 1 aromatic heterocycles. The maximum atomic E-state index is 11.0. The van der Waals surface area contributed by atoms with Crippen molar-refractivity contribution in [2.45, 2.75) is 25.9 Å². The Morgan fingerprint density at radius 1 is 1.71 bits per heavy atom. The van der Waals surface area contributed by atoms with E-state index in [9.17, 15) is 4.79 Å². The Hall–Kier alpha value is -1.36. The van der Waals surface area contributed by atoms with Gasteiger partial charge in [0, 0.05) is 7.11 Å². The standard InChI is InChI=1S/C9H14N2O3/c1-3-4-6(14-2)9-10-7(12)5-8(13)11-9/h5-6H,3-4H2,1-2H3,(H2,10,11,12,13). The van der Waals surface area contributed by atoms with Crippen molar-refractivity contribution in [3.8, 4) is 5.88 Å². The Balaban J connectivity index is 2.97. The predicted octanol–water partition coefficient (Wildman–Crippen LogP) is 0.963. The summed E-state index contributed by atoms with van der Waals surface area (Å²) in [4.78, 5) is 17.4. The number of nitrogens with one attached hydrogen (secondary N) is 1. The Morgan fingerprint density at radius 3 is 2.93 bits per heavy atom. The van der Waals surface area contributed by atoms with E-state index in [4.69, 9.17) is 9.84 Å². The molecule has 0 amide bonds. The van der Waals surface area contributed by atoms with Crippen molar-refractivity contribution in [2.24, 2.45) is 0 Å². The van der Waals surface area contributed by atoms with E-state index in [1.165, 1.54) is 0 Å². The number of ether oxygens (including phenoxy) is 1. The van der Waals surface area contributed by atoms with Crippen molar-refractivity contribution in [3.05, 3.63) is 22.2 Å². The van der Waals surface area contributed by atoms with E-state index in [2.05, 4.69) is 9.97 Å². The van der Waals surface area contributed by atoms with Crippen molar-refractivity contribution in [1.29, 1.82) is 0 Å². The molecular formula is C9H14N2O3. The van der Waals surface area contributed by atoms with Gasteiger partial charge in [0.1, 0.15) is 11.9 Å². The van der Waals surface area contributed by atoms with Crippen molar-refractivity contribution in [3.63, 3.8) is 0 Å². The highest BCUT2D eigenvalue weighted by molar-refractivity contribution is 5.07. The summed E-state index contributed by atoms with van der Waals surface area (Å²) in [7, 11) is 1.55. The topological polar surface area (TPSA) is 75.2 Å². The monoisotopic (exact) mass is 198 g/mol. The molecule has 1 aromatic rings. The van der Waals surface area contributed by atoms with Crippen LogP contribution in [-0.2, 0) is 4.74 Å². The van der Waals surface area contributed by atoms with Crippen LogP contribution in [0.3, 0.4) is 0 Å². The van der Waals surface area contributed by atoms with Crippen molar-refractivity contribution in [1.82, 2.24) is 9.97 Å². The van der Waals surface area contributed by atoms with Crippen LogP contribution in [0.15, 0.2) is 10.9 Å². The van der Waals surface area contributed by atoms with Gasteiger partial charge in [0.05, 0.1) is 6.07 Å². The lowest BCUT2D eigenvalue weighted by Gasteiger charge is -2.12. The minimum atomic E-state index is -0.370. The van der Waals surface area contributed by atoms with Crippen LogP contribution in [0.1, 0.15) is 31.7 Å². The highest BCUT2D eigenvalue weighted by atomic mass is 16.5. The molecule has 1 unspecified atom stereocenters. The van der Waals surface area contributed by atoms with Gasteiger partial charge in [-0.2, -0.15) is 4.98 Å². The number of nitrogens with zero attached hydrogens (tertiary/aromatic N) is 1. The van der Waals surface area contributed by atoms with E-state index in [0.717, 1.165) is 18.9 Å². The smallest absolute Gasteiger partial charge is 0.254 e. The molecule has 0 bridgehead atoms. The fraction of sp³-hybridized carbons (Fsp3) is 0.556. The van der Waals surface area contributed by atoms with Crippen molar-refractivity contribution in [2.75, 3.05) is 7.11 Å². The van der Waals surface area contributed by atoms with Crippen molar-refractivity contribution >= 4 is 0 Å². The molecule has 0 radical (unpaired) electrons. The van der Waals surface area contributed by atoms with E-state index in [0.29, 0.717) is 5.82 Å². The first-order chi connectivity index (χ1) is 6.67. The molecule has 0 aromatic carbocycles. The lowest BCUT2D eigenvalue weighted by atomic mass is 10.2. The summed E-state index contributed by atoms with van der Waals surface area (Å²) in [6, 6.07) is 1.03. The summed E-state index contributed by atoms with van der Waals surface area (Å²) in [6.07, 6.45) is 1.40. The summed E-state index contributed by atoms with van der Waals surface area (Å²) >= 11 is 0. The van der Waals surface area contributed by atoms with Gasteiger partial charge in [0.25, 0.3) is 5.56 Å².